The molecule has 1 aromatic rings. The fourth-order valence-electron chi connectivity index (χ4n) is 2.64. The van der Waals surface area contributed by atoms with Crippen molar-refractivity contribution in [2.75, 3.05) is 27.2 Å². The molecular weight excluding hydrogens is 272 g/mol. The van der Waals surface area contributed by atoms with Crippen LogP contribution < -0.4 is 5.32 Å². The first-order valence-corrected chi connectivity index (χ1v) is 8.42. The van der Waals surface area contributed by atoms with Crippen molar-refractivity contribution in [3.63, 3.8) is 0 Å². The van der Waals surface area contributed by atoms with Crippen LogP contribution in [0.25, 0.3) is 0 Å². The van der Waals surface area contributed by atoms with Gasteiger partial charge in [-0.3, -0.25) is 4.79 Å². The van der Waals surface area contributed by atoms with Gasteiger partial charge in [-0.15, -0.1) is 0 Å². The van der Waals surface area contributed by atoms with Gasteiger partial charge in [0.15, 0.2) is 0 Å². The second-order valence-corrected chi connectivity index (χ2v) is 6.82. The number of benzene rings is 1. The molecule has 124 valence electrons. The predicted octanol–water partition coefficient (Wildman–Crippen LogP) is 3.45. The quantitative estimate of drug-likeness (QED) is 0.709. The summed E-state index contributed by atoms with van der Waals surface area (Å²) in [5.74, 6) is 0.660. The molecule has 1 atom stereocenters. The molecular formula is C19H32N2O. The molecule has 0 fully saturated rings. The molecule has 0 aliphatic heterocycles. The van der Waals surface area contributed by atoms with Gasteiger partial charge >= 0.3 is 0 Å². The normalized spacial score (nSPS) is 12.7. The van der Waals surface area contributed by atoms with Crippen LogP contribution >= 0.6 is 0 Å². The van der Waals surface area contributed by atoms with Gasteiger partial charge in [-0.05, 0) is 63.9 Å². The number of nitrogens with one attached hydrogen (secondary N) is 1. The molecule has 1 N–H and O–H groups in total. The highest BCUT2D eigenvalue weighted by Gasteiger charge is 2.18. The summed E-state index contributed by atoms with van der Waals surface area (Å²) in [7, 11) is 4.15. The maximum Gasteiger partial charge on any atom is 0.227 e. The Labute approximate surface area is 136 Å². The Kier molecular flexibility index (Phi) is 8.18. The van der Waals surface area contributed by atoms with Crippen molar-refractivity contribution in [3.05, 3.63) is 35.4 Å². The Hall–Kier alpha value is -1.35. The molecule has 0 aliphatic rings. The second-order valence-electron chi connectivity index (χ2n) is 6.82. The third-order valence-corrected chi connectivity index (χ3v) is 3.87. The summed E-state index contributed by atoms with van der Waals surface area (Å²) in [5, 5.41) is 3.08. The summed E-state index contributed by atoms with van der Waals surface area (Å²) < 4.78 is 0. The van der Waals surface area contributed by atoms with Gasteiger partial charge in [0.05, 0.1) is 5.92 Å². The zero-order chi connectivity index (χ0) is 16.5. The molecule has 1 aromatic carbocycles. The smallest absolute Gasteiger partial charge is 0.227 e. The molecule has 0 saturated heterocycles. The van der Waals surface area contributed by atoms with Crippen molar-refractivity contribution in [2.45, 2.75) is 46.0 Å². The highest BCUT2D eigenvalue weighted by atomic mass is 16.1. The summed E-state index contributed by atoms with van der Waals surface area (Å²) >= 11 is 0. The lowest BCUT2D eigenvalue weighted by Crippen LogP contribution is -2.29. The zero-order valence-electron chi connectivity index (χ0n) is 14.9. The van der Waals surface area contributed by atoms with Crippen LogP contribution in [0.4, 0.5) is 0 Å². The summed E-state index contributed by atoms with van der Waals surface area (Å²) in [5.41, 5.74) is 2.47. The number of rotatable bonds is 9. The van der Waals surface area contributed by atoms with Gasteiger partial charge in [-0.2, -0.15) is 0 Å². The molecule has 0 saturated carbocycles. The molecule has 1 unspecified atom stereocenters. The topological polar surface area (TPSA) is 32.3 Å². The largest absolute Gasteiger partial charge is 0.356 e. The molecule has 0 spiro atoms. The third kappa shape index (κ3) is 6.61. The number of nitrogens with zero attached hydrogens (tertiary/aromatic N) is 1. The van der Waals surface area contributed by atoms with Crippen LogP contribution in [-0.2, 0) is 11.2 Å². The molecule has 0 aromatic heterocycles. The van der Waals surface area contributed by atoms with Gasteiger partial charge in [-0.1, -0.05) is 38.1 Å². The number of amides is 1. The van der Waals surface area contributed by atoms with Gasteiger partial charge in [0.1, 0.15) is 0 Å². The average Bonchev–Trinajstić information content (AvgIpc) is 2.45. The Morgan fingerprint density at radius 2 is 1.82 bits per heavy atom. The molecule has 0 aliphatic carbocycles. The number of carbonyl (C=O) groups excluding carboxylic acids is 1. The Bertz CT molecular complexity index is 455. The van der Waals surface area contributed by atoms with Crippen LogP contribution in [0.5, 0.6) is 0 Å². The van der Waals surface area contributed by atoms with Gasteiger partial charge in [0.25, 0.3) is 0 Å². The monoisotopic (exact) mass is 304 g/mol. The van der Waals surface area contributed by atoms with E-state index in [0.29, 0.717) is 5.92 Å². The molecule has 1 rings (SSSR count). The van der Waals surface area contributed by atoms with Crippen molar-refractivity contribution in [1.29, 1.82) is 0 Å². The van der Waals surface area contributed by atoms with Crippen LogP contribution in [0.15, 0.2) is 24.3 Å². The van der Waals surface area contributed by atoms with E-state index in [1.165, 1.54) is 11.1 Å². The summed E-state index contributed by atoms with van der Waals surface area (Å²) in [6.07, 6.45) is 3.17. The molecule has 22 heavy (non-hydrogen) atoms. The van der Waals surface area contributed by atoms with Crippen LogP contribution in [0, 0.1) is 5.92 Å². The Morgan fingerprint density at radius 3 is 2.45 bits per heavy atom. The highest BCUT2D eigenvalue weighted by molar-refractivity contribution is 5.83. The molecule has 0 radical (unpaired) electrons. The number of hydrogen-bond acceptors (Lipinski definition) is 2. The van der Waals surface area contributed by atoms with Crippen molar-refractivity contribution in [1.82, 2.24) is 10.2 Å². The Balaban J connectivity index is 2.52. The molecule has 0 heterocycles. The summed E-state index contributed by atoms with van der Waals surface area (Å²) in [6.45, 7) is 8.28. The van der Waals surface area contributed by atoms with E-state index < -0.39 is 0 Å². The van der Waals surface area contributed by atoms with Crippen molar-refractivity contribution >= 4 is 5.91 Å². The Morgan fingerprint density at radius 1 is 1.14 bits per heavy atom. The number of carbonyl (C=O) groups is 1. The second kappa shape index (κ2) is 9.62. The zero-order valence-corrected chi connectivity index (χ0v) is 14.9. The first-order chi connectivity index (χ1) is 10.4. The molecule has 0 bridgehead atoms. The van der Waals surface area contributed by atoms with Crippen molar-refractivity contribution in [2.24, 2.45) is 5.92 Å². The van der Waals surface area contributed by atoms with E-state index in [1.54, 1.807) is 0 Å². The van der Waals surface area contributed by atoms with Gasteiger partial charge < -0.3 is 10.2 Å². The minimum Gasteiger partial charge on any atom is -0.356 e. The van der Waals surface area contributed by atoms with Crippen LogP contribution in [0.1, 0.15) is 50.7 Å². The van der Waals surface area contributed by atoms with E-state index in [0.717, 1.165) is 32.4 Å². The average molecular weight is 304 g/mol. The maximum atomic E-state index is 12.4. The lowest BCUT2D eigenvalue weighted by Gasteiger charge is -2.18. The van der Waals surface area contributed by atoms with E-state index in [1.807, 2.05) is 13.0 Å². The summed E-state index contributed by atoms with van der Waals surface area (Å²) in [4.78, 5) is 14.5. The lowest BCUT2D eigenvalue weighted by molar-refractivity contribution is -0.122. The van der Waals surface area contributed by atoms with Crippen LogP contribution in [0.2, 0.25) is 0 Å². The minimum absolute atomic E-state index is 0.0798. The van der Waals surface area contributed by atoms with Gasteiger partial charge in [0, 0.05) is 6.54 Å². The van der Waals surface area contributed by atoms with Crippen molar-refractivity contribution in [3.8, 4) is 0 Å². The van der Waals surface area contributed by atoms with E-state index >= 15 is 0 Å². The first-order valence-electron chi connectivity index (χ1n) is 8.42. The third-order valence-electron chi connectivity index (χ3n) is 3.87. The van der Waals surface area contributed by atoms with Gasteiger partial charge in [0.2, 0.25) is 5.91 Å². The number of hydrogen-bond donors (Lipinski definition) is 1. The molecule has 1 amide bonds. The highest BCUT2D eigenvalue weighted by Crippen LogP contribution is 2.22. The van der Waals surface area contributed by atoms with Crippen LogP contribution in [-0.4, -0.2) is 38.0 Å². The van der Waals surface area contributed by atoms with Crippen molar-refractivity contribution < 1.29 is 4.79 Å². The summed E-state index contributed by atoms with van der Waals surface area (Å²) in [6, 6.07) is 8.33. The standard InChI is InChI=1S/C19H32N2O/c1-15(2)14-17-10-6-7-11-18(17)16(3)19(22)20-12-8-9-13-21(4)5/h6-7,10-11,15-16H,8-9,12-14H2,1-5H3,(H,20,22). The van der Waals surface area contributed by atoms with E-state index in [9.17, 15) is 4.79 Å². The van der Waals surface area contributed by atoms with E-state index in [2.05, 4.69) is 56.4 Å². The number of unbranched alkanes of at least 4 members (excludes halogenated alkanes) is 1. The first kappa shape index (κ1) is 18.7. The van der Waals surface area contributed by atoms with E-state index in [4.69, 9.17) is 0 Å². The van der Waals surface area contributed by atoms with E-state index in [-0.39, 0.29) is 11.8 Å². The van der Waals surface area contributed by atoms with Gasteiger partial charge in [-0.25, -0.2) is 0 Å². The maximum absolute atomic E-state index is 12.4. The fourth-order valence-corrected chi connectivity index (χ4v) is 2.64. The minimum atomic E-state index is -0.0798. The lowest BCUT2D eigenvalue weighted by atomic mass is 9.90. The molecule has 3 heteroatoms. The SMILES string of the molecule is CC(C)Cc1ccccc1C(C)C(=O)NCCCCN(C)C. The predicted molar refractivity (Wildman–Crippen MR) is 94.2 cm³/mol. The molecule has 3 nitrogen and oxygen atoms in total. The fraction of sp³-hybridized carbons (Fsp3) is 0.632. The van der Waals surface area contributed by atoms with Crippen LogP contribution in [0.3, 0.4) is 0 Å².